The van der Waals surface area contributed by atoms with Crippen LogP contribution in [-0.4, -0.2) is 55.2 Å². The SMILES string of the molecule is O=C(Nc1cccc(Br)c1)N(CCN1CCOCC1)Cc1c2ccccc2cc2ccccc12. The molecule has 0 unspecified atom stereocenters. The van der Waals surface area contributed by atoms with Gasteiger partial charge in [0.2, 0.25) is 0 Å². The molecule has 6 heteroatoms. The van der Waals surface area contributed by atoms with E-state index < -0.39 is 0 Å². The fraction of sp³-hybridized carbons (Fsp3) is 0.250. The van der Waals surface area contributed by atoms with Crippen molar-refractivity contribution < 1.29 is 9.53 Å². The maximum atomic E-state index is 13.5. The minimum atomic E-state index is -0.0941. The summed E-state index contributed by atoms with van der Waals surface area (Å²) in [6.07, 6.45) is 0. The second-order valence-corrected chi connectivity index (χ2v) is 9.53. The first kappa shape index (κ1) is 22.8. The molecule has 1 aliphatic heterocycles. The van der Waals surface area contributed by atoms with E-state index in [4.69, 9.17) is 4.74 Å². The van der Waals surface area contributed by atoms with E-state index in [2.05, 4.69) is 80.7 Å². The van der Waals surface area contributed by atoms with Gasteiger partial charge in [0.25, 0.3) is 0 Å². The van der Waals surface area contributed by atoms with E-state index in [1.807, 2.05) is 29.2 Å². The summed E-state index contributed by atoms with van der Waals surface area (Å²) in [5, 5.41) is 7.86. The predicted molar refractivity (Wildman–Crippen MR) is 142 cm³/mol. The topological polar surface area (TPSA) is 44.8 Å². The van der Waals surface area contributed by atoms with Gasteiger partial charge in [-0.3, -0.25) is 4.90 Å². The lowest BCUT2D eigenvalue weighted by atomic mass is 9.96. The highest BCUT2D eigenvalue weighted by atomic mass is 79.9. The molecule has 1 aliphatic rings. The van der Waals surface area contributed by atoms with E-state index >= 15 is 0 Å². The molecule has 4 aromatic carbocycles. The Morgan fingerprint density at radius 3 is 2.26 bits per heavy atom. The molecule has 5 nitrogen and oxygen atoms in total. The number of amides is 2. The van der Waals surface area contributed by atoms with Gasteiger partial charge in [-0.05, 0) is 51.4 Å². The first-order valence-electron chi connectivity index (χ1n) is 11.7. The average molecular weight is 518 g/mol. The Kier molecular flexibility index (Phi) is 7.09. The fourth-order valence-corrected chi connectivity index (χ4v) is 4.98. The molecule has 0 spiro atoms. The second-order valence-electron chi connectivity index (χ2n) is 8.61. The molecule has 1 N–H and O–H groups in total. The Morgan fingerprint density at radius 2 is 1.59 bits per heavy atom. The zero-order valence-electron chi connectivity index (χ0n) is 19.0. The molecular weight excluding hydrogens is 490 g/mol. The summed E-state index contributed by atoms with van der Waals surface area (Å²) in [6.45, 7) is 5.29. The summed E-state index contributed by atoms with van der Waals surface area (Å²) >= 11 is 3.50. The highest BCUT2D eigenvalue weighted by Crippen LogP contribution is 2.30. The zero-order chi connectivity index (χ0) is 23.3. The van der Waals surface area contributed by atoms with Gasteiger partial charge in [0.15, 0.2) is 0 Å². The largest absolute Gasteiger partial charge is 0.379 e. The number of carbonyl (C=O) groups is 1. The lowest BCUT2D eigenvalue weighted by Gasteiger charge is -2.30. The van der Waals surface area contributed by atoms with Crippen LogP contribution in [0.4, 0.5) is 10.5 Å². The smallest absolute Gasteiger partial charge is 0.322 e. The number of benzene rings is 4. The molecule has 0 aliphatic carbocycles. The van der Waals surface area contributed by atoms with Crippen molar-refractivity contribution >= 4 is 49.2 Å². The van der Waals surface area contributed by atoms with Crippen molar-refractivity contribution in [3.05, 3.63) is 88.9 Å². The van der Waals surface area contributed by atoms with Gasteiger partial charge in [-0.1, -0.05) is 70.5 Å². The number of halogens is 1. The minimum absolute atomic E-state index is 0.0941. The number of hydrogen-bond donors (Lipinski definition) is 1. The van der Waals surface area contributed by atoms with Crippen molar-refractivity contribution in [2.24, 2.45) is 0 Å². The third kappa shape index (κ3) is 5.25. The third-order valence-electron chi connectivity index (χ3n) is 6.38. The summed E-state index contributed by atoms with van der Waals surface area (Å²) in [5.41, 5.74) is 1.96. The fourth-order valence-electron chi connectivity index (χ4n) is 4.58. The van der Waals surface area contributed by atoms with Crippen molar-refractivity contribution in [1.82, 2.24) is 9.80 Å². The van der Waals surface area contributed by atoms with E-state index in [9.17, 15) is 4.79 Å². The predicted octanol–water partition coefficient (Wildman–Crippen LogP) is 6.12. The molecule has 0 saturated carbocycles. The van der Waals surface area contributed by atoms with Crippen LogP contribution in [0.25, 0.3) is 21.5 Å². The van der Waals surface area contributed by atoms with Gasteiger partial charge in [-0.25, -0.2) is 4.79 Å². The van der Waals surface area contributed by atoms with E-state index in [-0.39, 0.29) is 6.03 Å². The number of urea groups is 1. The van der Waals surface area contributed by atoms with Crippen LogP contribution in [0.3, 0.4) is 0 Å². The van der Waals surface area contributed by atoms with E-state index in [0.717, 1.165) is 43.0 Å². The number of fused-ring (bicyclic) bond motifs is 2. The molecule has 0 atom stereocenters. The number of anilines is 1. The number of hydrogen-bond acceptors (Lipinski definition) is 3. The first-order chi connectivity index (χ1) is 16.7. The molecule has 34 heavy (non-hydrogen) atoms. The van der Waals surface area contributed by atoms with Crippen LogP contribution in [0.5, 0.6) is 0 Å². The van der Waals surface area contributed by atoms with Gasteiger partial charge in [0.05, 0.1) is 13.2 Å². The van der Waals surface area contributed by atoms with Gasteiger partial charge in [0, 0.05) is 42.9 Å². The quantitative estimate of drug-likeness (QED) is 0.313. The van der Waals surface area contributed by atoms with E-state index in [1.54, 1.807) is 0 Å². The number of morpholine rings is 1. The second kappa shape index (κ2) is 10.6. The summed E-state index contributed by atoms with van der Waals surface area (Å²) in [7, 11) is 0. The first-order valence-corrected chi connectivity index (χ1v) is 12.5. The molecule has 1 saturated heterocycles. The molecule has 5 rings (SSSR count). The zero-order valence-corrected chi connectivity index (χ0v) is 20.6. The van der Waals surface area contributed by atoms with Crippen LogP contribution in [-0.2, 0) is 11.3 Å². The molecule has 1 fully saturated rings. The van der Waals surface area contributed by atoms with Gasteiger partial charge in [-0.15, -0.1) is 0 Å². The van der Waals surface area contributed by atoms with Gasteiger partial charge < -0.3 is 15.0 Å². The van der Waals surface area contributed by atoms with Crippen molar-refractivity contribution in [2.45, 2.75) is 6.54 Å². The molecule has 0 bridgehead atoms. The standard InChI is InChI=1S/C28H28BrN3O2/c29-23-8-5-9-24(19-23)30-28(33)32(13-12-31-14-16-34-17-15-31)20-27-25-10-3-1-6-21(25)18-22-7-2-4-11-26(22)27/h1-11,18-19H,12-17,20H2,(H,30,33). The lowest BCUT2D eigenvalue weighted by Crippen LogP contribution is -2.44. The van der Waals surface area contributed by atoms with Crippen molar-refractivity contribution in [3.63, 3.8) is 0 Å². The number of ether oxygens (including phenoxy) is 1. The molecule has 0 radical (unpaired) electrons. The summed E-state index contributed by atoms with van der Waals surface area (Å²) in [6, 6.07) is 26.7. The molecule has 2 amide bonds. The summed E-state index contributed by atoms with van der Waals surface area (Å²) < 4.78 is 6.43. The minimum Gasteiger partial charge on any atom is -0.379 e. The highest BCUT2D eigenvalue weighted by molar-refractivity contribution is 9.10. The molecule has 0 aromatic heterocycles. The van der Waals surface area contributed by atoms with Crippen LogP contribution in [0, 0.1) is 0 Å². The number of rotatable bonds is 6. The monoisotopic (exact) mass is 517 g/mol. The van der Waals surface area contributed by atoms with Crippen LogP contribution in [0.2, 0.25) is 0 Å². The molecule has 1 heterocycles. The number of nitrogens with one attached hydrogen (secondary N) is 1. The third-order valence-corrected chi connectivity index (χ3v) is 6.88. The van der Waals surface area contributed by atoms with Crippen molar-refractivity contribution in [2.75, 3.05) is 44.7 Å². The normalized spacial score (nSPS) is 14.4. The Hall–Kier alpha value is -2.93. The molecule has 174 valence electrons. The summed E-state index contributed by atoms with van der Waals surface area (Å²) in [5.74, 6) is 0. The molecular formula is C28H28BrN3O2. The number of carbonyl (C=O) groups excluding carboxylic acids is 1. The van der Waals surface area contributed by atoms with Crippen molar-refractivity contribution in [3.8, 4) is 0 Å². The molecule has 4 aromatic rings. The van der Waals surface area contributed by atoms with Gasteiger partial charge >= 0.3 is 6.03 Å². The van der Waals surface area contributed by atoms with E-state index in [0.29, 0.717) is 13.1 Å². The maximum Gasteiger partial charge on any atom is 0.322 e. The van der Waals surface area contributed by atoms with Gasteiger partial charge in [-0.2, -0.15) is 0 Å². The number of nitrogens with zero attached hydrogens (tertiary/aromatic N) is 2. The average Bonchev–Trinajstić information content (AvgIpc) is 2.86. The Bertz CT molecular complexity index is 1250. The Balaban J connectivity index is 1.48. The Labute approximate surface area is 208 Å². The lowest BCUT2D eigenvalue weighted by molar-refractivity contribution is 0.0349. The van der Waals surface area contributed by atoms with Crippen LogP contribution < -0.4 is 5.32 Å². The highest BCUT2D eigenvalue weighted by Gasteiger charge is 2.20. The van der Waals surface area contributed by atoms with Gasteiger partial charge in [0.1, 0.15) is 0 Å². The van der Waals surface area contributed by atoms with Crippen LogP contribution >= 0.6 is 15.9 Å². The van der Waals surface area contributed by atoms with Crippen LogP contribution in [0.1, 0.15) is 5.56 Å². The van der Waals surface area contributed by atoms with E-state index in [1.165, 1.54) is 27.1 Å². The maximum absolute atomic E-state index is 13.5. The van der Waals surface area contributed by atoms with Crippen LogP contribution in [0.15, 0.2) is 83.3 Å². The van der Waals surface area contributed by atoms with Crippen molar-refractivity contribution in [1.29, 1.82) is 0 Å². The summed E-state index contributed by atoms with van der Waals surface area (Å²) in [4.78, 5) is 17.8. The Morgan fingerprint density at radius 1 is 0.912 bits per heavy atom.